The Kier molecular flexibility index (Phi) is 4.31. The van der Waals surface area contributed by atoms with E-state index < -0.39 is 0 Å². The normalized spacial score (nSPS) is 20.2. The molecular formula is C19H23N3O3. The number of nitro benzene ring substituents is 1. The van der Waals surface area contributed by atoms with Crippen molar-refractivity contribution in [1.29, 1.82) is 0 Å². The van der Waals surface area contributed by atoms with Crippen molar-refractivity contribution < 1.29 is 9.34 Å². The standard InChI is InChI=1S/C19H23N3O3/c23-22(24)17-4-2-1-3-16(17)18-6-5-15(25-18)13-21-12-9-19(14-21)7-10-20-11-8-19/h1-6,20H,7-14H2. The Morgan fingerprint density at radius 3 is 2.76 bits per heavy atom. The molecule has 2 aliphatic rings. The molecule has 0 saturated carbocycles. The average molecular weight is 341 g/mol. The first-order valence-corrected chi connectivity index (χ1v) is 8.91. The van der Waals surface area contributed by atoms with Gasteiger partial charge < -0.3 is 9.73 Å². The number of benzene rings is 1. The first kappa shape index (κ1) is 16.3. The van der Waals surface area contributed by atoms with Crippen LogP contribution in [0.1, 0.15) is 25.0 Å². The van der Waals surface area contributed by atoms with Crippen molar-refractivity contribution in [3.05, 3.63) is 52.3 Å². The maximum atomic E-state index is 11.2. The van der Waals surface area contributed by atoms with Crippen LogP contribution >= 0.6 is 0 Å². The van der Waals surface area contributed by atoms with Crippen LogP contribution in [-0.2, 0) is 6.54 Å². The molecule has 25 heavy (non-hydrogen) atoms. The molecule has 0 aliphatic carbocycles. The van der Waals surface area contributed by atoms with Crippen LogP contribution in [0.2, 0.25) is 0 Å². The number of para-hydroxylation sites is 1. The molecule has 1 aromatic heterocycles. The highest BCUT2D eigenvalue weighted by molar-refractivity contribution is 5.69. The van der Waals surface area contributed by atoms with E-state index in [1.165, 1.54) is 25.3 Å². The third kappa shape index (κ3) is 3.32. The number of nitro groups is 1. The van der Waals surface area contributed by atoms with Gasteiger partial charge in [0.2, 0.25) is 0 Å². The molecule has 3 heterocycles. The van der Waals surface area contributed by atoms with Crippen LogP contribution in [0.25, 0.3) is 11.3 Å². The van der Waals surface area contributed by atoms with Crippen LogP contribution in [0.3, 0.4) is 0 Å². The smallest absolute Gasteiger partial charge is 0.280 e. The molecule has 2 aliphatic heterocycles. The van der Waals surface area contributed by atoms with Crippen LogP contribution in [0.4, 0.5) is 5.69 Å². The molecule has 0 radical (unpaired) electrons. The van der Waals surface area contributed by atoms with Crippen molar-refractivity contribution in [2.45, 2.75) is 25.8 Å². The van der Waals surface area contributed by atoms with E-state index in [0.29, 0.717) is 16.7 Å². The van der Waals surface area contributed by atoms with Crippen molar-refractivity contribution in [1.82, 2.24) is 10.2 Å². The summed E-state index contributed by atoms with van der Waals surface area (Å²) in [5.74, 6) is 1.44. The van der Waals surface area contributed by atoms with Crippen molar-refractivity contribution >= 4 is 5.69 Å². The number of rotatable bonds is 4. The van der Waals surface area contributed by atoms with E-state index in [1.54, 1.807) is 18.2 Å². The highest BCUT2D eigenvalue weighted by atomic mass is 16.6. The third-order valence-corrected chi connectivity index (χ3v) is 5.59. The zero-order chi connectivity index (χ0) is 17.3. The fourth-order valence-electron chi connectivity index (χ4n) is 4.20. The van der Waals surface area contributed by atoms with Gasteiger partial charge in [0.1, 0.15) is 11.5 Å². The predicted octanol–water partition coefficient (Wildman–Crippen LogP) is 3.43. The summed E-state index contributed by atoms with van der Waals surface area (Å²) in [4.78, 5) is 13.3. The molecule has 1 aromatic carbocycles. The summed E-state index contributed by atoms with van der Waals surface area (Å²) >= 11 is 0. The second kappa shape index (κ2) is 6.61. The van der Waals surface area contributed by atoms with Gasteiger partial charge in [-0.25, -0.2) is 0 Å². The van der Waals surface area contributed by atoms with Gasteiger partial charge in [-0.05, 0) is 62.5 Å². The van der Waals surface area contributed by atoms with Gasteiger partial charge in [-0.3, -0.25) is 15.0 Å². The maximum absolute atomic E-state index is 11.2. The Labute approximate surface area is 147 Å². The molecule has 132 valence electrons. The van der Waals surface area contributed by atoms with Crippen LogP contribution < -0.4 is 5.32 Å². The minimum atomic E-state index is -0.362. The molecule has 0 amide bonds. The van der Waals surface area contributed by atoms with E-state index in [0.717, 1.165) is 38.5 Å². The van der Waals surface area contributed by atoms with Gasteiger partial charge in [-0.15, -0.1) is 0 Å². The van der Waals surface area contributed by atoms with E-state index in [9.17, 15) is 10.1 Å². The summed E-state index contributed by atoms with van der Waals surface area (Å²) in [6, 6.07) is 10.5. The molecule has 2 saturated heterocycles. The van der Waals surface area contributed by atoms with Gasteiger partial charge in [0.05, 0.1) is 17.0 Å². The Hall–Kier alpha value is -2.18. The summed E-state index contributed by atoms with van der Waals surface area (Å²) in [6.45, 7) is 5.24. The van der Waals surface area contributed by atoms with Gasteiger partial charge in [0, 0.05) is 12.6 Å². The lowest BCUT2D eigenvalue weighted by Crippen LogP contribution is -2.38. The quantitative estimate of drug-likeness (QED) is 0.681. The second-order valence-corrected chi connectivity index (χ2v) is 7.25. The molecule has 0 unspecified atom stereocenters. The fraction of sp³-hybridized carbons (Fsp3) is 0.474. The Balaban J connectivity index is 1.47. The van der Waals surface area contributed by atoms with Gasteiger partial charge in [-0.2, -0.15) is 0 Å². The second-order valence-electron chi connectivity index (χ2n) is 7.25. The van der Waals surface area contributed by atoms with Gasteiger partial charge in [0.15, 0.2) is 0 Å². The number of hydrogen-bond donors (Lipinski definition) is 1. The zero-order valence-corrected chi connectivity index (χ0v) is 14.2. The average Bonchev–Trinajstić information content (AvgIpc) is 3.23. The monoisotopic (exact) mass is 341 g/mol. The first-order chi connectivity index (χ1) is 12.2. The molecular weight excluding hydrogens is 318 g/mol. The van der Waals surface area contributed by atoms with Crippen LogP contribution in [0.5, 0.6) is 0 Å². The SMILES string of the molecule is O=[N+]([O-])c1ccccc1-c1ccc(CN2CCC3(CCNCC3)C2)o1. The summed E-state index contributed by atoms with van der Waals surface area (Å²) in [5, 5.41) is 14.6. The molecule has 2 aromatic rings. The number of likely N-dealkylation sites (tertiary alicyclic amines) is 1. The highest BCUT2D eigenvalue weighted by Gasteiger charge is 2.38. The summed E-state index contributed by atoms with van der Waals surface area (Å²) in [6.07, 6.45) is 3.76. The molecule has 0 bridgehead atoms. The van der Waals surface area contributed by atoms with Crippen LogP contribution in [0.15, 0.2) is 40.8 Å². The molecule has 6 heteroatoms. The Morgan fingerprint density at radius 2 is 1.96 bits per heavy atom. The maximum Gasteiger partial charge on any atom is 0.280 e. The molecule has 0 atom stereocenters. The van der Waals surface area contributed by atoms with E-state index >= 15 is 0 Å². The number of furan rings is 1. The van der Waals surface area contributed by atoms with Gasteiger partial charge in [0.25, 0.3) is 5.69 Å². The van der Waals surface area contributed by atoms with Crippen LogP contribution in [-0.4, -0.2) is 36.0 Å². The van der Waals surface area contributed by atoms with Gasteiger partial charge in [-0.1, -0.05) is 12.1 Å². The Bertz CT molecular complexity index is 765. The van der Waals surface area contributed by atoms with Crippen molar-refractivity contribution in [3.63, 3.8) is 0 Å². The molecule has 6 nitrogen and oxygen atoms in total. The Morgan fingerprint density at radius 1 is 1.16 bits per heavy atom. The number of hydrogen-bond acceptors (Lipinski definition) is 5. The largest absolute Gasteiger partial charge is 0.459 e. The summed E-state index contributed by atoms with van der Waals surface area (Å²) in [7, 11) is 0. The predicted molar refractivity (Wildman–Crippen MR) is 95.2 cm³/mol. The molecule has 1 N–H and O–H groups in total. The number of nitrogens with zero attached hydrogens (tertiary/aromatic N) is 2. The van der Waals surface area contributed by atoms with E-state index in [2.05, 4.69) is 10.2 Å². The molecule has 2 fully saturated rings. The molecule has 1 spiro atoms. The topological polar surface area (TPSA) is 71.6 Å². The molecule has 4 rings (SSSR count). The van der Waals surface area contributed by atoms with E-state index in [-0.39, 0.29) is 10.6 Å². The lowest BCUT2D eigenvalue weighted by Gasteiger charge is -2.33. The third-order valence-electron chi connectivity index (χ3n) is 5.59. The first-order valence-electron chi connectivity index (χ1n) is 8.91. The van der Waals surface area contributed by atoms with Crippen molar-refractivity contribution in [3.8, 4) is 11.3 Å². The van der Waals surface area contributed by atoms with Crippen LogP contribution in [0, 0.1) is 15.5 Å². The van der Waals surface area contributed by atoms with E-state index in [4.69, 9.17) is 4.42 Å². The summed E-state index contributed by atoms with van der Waals surface area (Å²) < 4.78 is 5.94. The highest BCUT2D eigenvalue weighted by Crippen LogP contribution is 2.39. The van der Waals surface area contributed by atoms with Gasteiger partial charge >= 0.3 is 0 Å². The summed E-state index contributed by atoms with van der Waals surface area (Å²) in [5.41, 5.74) is 1.09. The van der Waals surface area contributed by atoms with E-state index in [1.807, 2.05) is 12.1 Å². The minimum Gasteiger partial charge on any atom is -0.459 e. The zero-order valence-electron chi connectivity index (χ0n) is 14.2. The number of piperidine rings is 1. The minimum absolute atomic E-state index is 0.0817. The lowest BCUT2D eigenvalue weighted by atomic mass is 9.78. The lowest BCUT2D eigenvalue weighted by molar-refractivity contribution is -0.384. The number of nitrogens with one attached hydrogen (secondary N) is 1. The fourth-order valence-corrected chi connectivity index (χ4v) is 4.20. The van der Waals surface area contributed by atoms with Crippen molar-refractivity contribution in [2.75, 3.05) is 26.2 Å². The van der Waals surface area contributed by atoms with Crippen molar-refractivity contribution in [2.24, 2.45) is 5.41 Å².